The van der Waals surface area contributed by atoms with Gasteiger partial charge in [0.1, 0.15) is 23.4 Å². The van der Waals surface area contributed by atoms with Crippen LogP contribution in [0.1, 0.15) is 63.0 Å². The smallest absolute Gasteiger partial charge is 0.161 e. The number of phenols is 2. The fraction of sp³-hybridized carbons (Fsp3) is 0.295. The van der Waals surface area contributed by atoms with E-state index >= 15 is 0 Å². The van der Waals surface area contributed by atoms with Crippen molar-refractivity contribution >= 4 is 6.08 Å². The Morgan fingerprint density at radius 3 is 2.61 bits per heavy atom. The van der Waals surface area contributed by atoms with Crippen LogP contribution >= 0.6 is 0 Å². The molecular weight excluding hydrogens is 638 g/mol. The summed E-state index contributed by atoms with van der Waals surface area (Å²) in [7, 11) is 1.55. The zero-order valence-electron chi connectivity index (χ0n) is 28.7. The lowest BCUT2D eigenvalue weighted by Gasteiger charge is -2.39. The molecule has 0 spiro atoms. The number of aromatic hydroxyl groups is 2. The Hall–Kier alpha value is -5.27. The van der Waals surface area contributed by atoms with E-state index in [0.717, 1.165) is 100 Å². The zero-order chi connectivity index (χ0) is 34.6. The van der Waals surface area contributed by atoms with Crippen LogP contribution < -0.4 is 24.8 Å². The normalized spacial score (nSPS) is 19.5. The van der Waals surface area contributed by atoms with Crippen molar-refractivity contribution in [3.8, 4) is 39.9 Å². The lowest BCUT2D eigenvalue weighted by Crippen LogP contribution is -2.33. The second-order valence-electron chi connectivity index (χ2n) is 14.3. The molecule has 0 radical (unpaired) electrons. The molecule has 0 saturated carbocycles. The molecule has 1 aliphatic carbocycles. The number of phenolic OH excluding ortho intramolecular Hbond substituents is 2. The van der Waals surface area contributed by atoms with Crippen molar-refractivity contribution < 1.29 is 29.5 Å². The highest BCUT2D eigenvalue weighted by Crippen LogP contribution is 2.55. The number of hydrogen-bond acceptors (Lipinski definition) is 7. The number of aliphatic hydroxyl groups excluding tert-OH is 1. The van der Waals surface area contributed by atoms with Gasteiger partial charge in [0, 0.05) is 23.1 Å². The molecule has 3 aliphatic heterocycles. The van der Waals surface area contributed by atoms with Crippen LogP contribution in [0.3, 0.4) is 0 Å². The second-order valence-corrected chi connectivity index (χ2v) is 14.3. The van der Waals surface area contributed by atoms with E-state index in [4.69, 9.17) is 14.2 Å². The Balaban J connectivity index is 1.12. The van der Waals surface area contributed by atoms with E-state index < -0.39 is 12.2 Å². The number of ether oxygens (including phenoxy) is 3. The van der Waals surface area contributed by atoms with Crippen molar-refractivity contribution in [2.24, 2.45) is 4.99 Å². The molecule has 7 nitrogen and oxygen atoms in total. The Labute approximate surface area is 297 Å². The van der Waals surface area contributed by atoms with Crippen molar-refractivity contribution in [1.29, 1.82) is 0 Å². The first-order chi connectivity index (χ1) is 24.9. The summed E-state index contributed by atoms with van der Waals surface area (Å²) in [5.74, 6) is 2.51. The van der Waals surface area contributed by atoms with Crippen LogP contribution in [0.15, 0.2) is 83.9 Å². The van der Waals surface area contributed by atoms with E-state index in [1.807, 2.05) is 36.4 Å². The van der Waals surface area contributed by atoms with Gasteiger partial charge < -0.3 is 29.5 Å². The Morgan fingerprint density at radius 1 is 0.863 bits per heavy atom. The third-order valence-corrected chi connectivity index (χ3v) is 11.1. The minimum atomic E-state index is -0.823. The number of aryl methyl sites for hydroxylation is 2. The topological polar surface area (TPSA) is 101 Å². The number of fused-ring (bicyclic) bond motifs is 9. The maximum atomic E-state index is 11.9. The van der Waals surface area contributed by atoms with Gasteiger partial charge in [-0.2, -0.15) is 0 Å². The van der Waals surface area contributed by atoms with Crippen LogP contribution in [0.25, 0.3) is 17.2 Å². The van der Waals surface area contributed by atoms with E-state index in [9.17, 15) is 15.3 Å². The summed E-state index contributed by atoms with van der Waals surface area (Å²) in [6, 6.07) is 26.2. The standard InChI is InChI=1S/C44H41NO6/c1-49-39-22-30(20-28(41(39)48)11-9-25-6-3-2-4-7-25)42-38(47)24-36-35-21-29(19-26-10-14-37-27(18-26)15-16-45-37)34-23-31(46)12-13-32(34)40(35)44-33(43(36)51-42)8-5-17-50-44/h2-4,6-7,10,12-15,18,20,22-23,29,38,42,46-48H,5,8-9,11,16-17,19,21,24H2,1H3/t29-,38-,42-/m1/s1. The van der Waals surface area contributed by atoms with Crippen molar-refractivity contribution in [1.82, 2.24) is 0 Å². The third-order valence-electron chi connectivity index (χ3n) is 11.1. The summed E-state index contributed by atoms with van der Waals surface area (Å²) in [6.45, 7) is 1.34. The molecule has 51 heavy (non-hydrogen) atoms. The summed E-state index contributed by atoms with van der Waals surface area (Å²) < 4.78 is 19.1. The monoisotopic (exact) mass is 679 g/mol. The van der Waals surface area contributed by atoms with E-state index in [-0.39, 0.29) is 17.4 Å². The number of aliphatic hydroxyl groups is 1. The molecule has 0 saturated heterocycles. The van der Waals surface area contributed by atoms with Crippen LogP contribution in [0.5, 0.6) is 28.7 Å². The van der Waals surface area contributed by atoms with Gasteiger partial charge in [-0.15, -0.1) is 0 Å². The summed E-state index contributed by atoms with van der Waals surface area (Å²) >= 11 is 0. The fourth-order valence-corrected chi connectivity index (χ4v) is 8.69. The van der Waals surface area contributed by atoms with Crippen molar-refractivity contribution in [2.45, 2.75) is 63.1 Å². The molecule has 9 rings (SSSR count). The molecule has 0 amide bonds. The fourth-order valence-electron chi connectivity index (χ4n) is 8.69. The maximum absolute atomic E-state index is 11.9. The van der Waals surface area contributed by atoms with Gasteiger partial charge in [-0.1, -0.05) is 48.5 Å². The van der Waals surface area contributed by atoms with Crippen molar-refractivity contribution in [3.63, 3.8) is 0 Å². The van der Waals surface area contributed by atoms with Crippen LogP contribution in [-0.2, 0) is 38.5 Å². The van der Waals surface area contributed by atoms with Gasteiger partial charge in [-0.05, 0) is 125 Å². The van der Waals surface area contributed by atoms with Crippen molar-refractivity contribution in [2.75, 3.05) is 20.3 Å². The second kappa shape index (κ2) is 12.8. The van der Waals surface area contributed by atoms with Gasteiger partial charge in [-0.3, -0.25) is 4.99 Å². The predicted octanol–water partition coefficient (Wildman–Crippen LogP) is 6.22. The molecule has 5 aromatic carbocycles. The zero-order valence-corrected chi connectivity index (χ0v) is 28.7. The number of methoxy groups -OCH3 is 1. The first-order valence-electron chi connectivity index (χ1n) is 18.0. The Bertz CT molecular complexity index is 2300. The summed E-state index contributed by atoms with van der Waals surface area (Å²) in [4.78, 5) is 4.57. The van der Waals surface area contributed by atoms with Gasteiger partial charge >= 0.3 is 0 Å². The van der Waals surface area contributed by atoms with E-state index in [1.54, 1.807) is 19.2 Å². The number of hydrogen-bond donors (Lipinski definition) is 3. The largest absolute Gasteiger partial charge is 0.508 e. The van der Waals surface area contributed by atoms with Gasteiger partial charge in [-0.25, -0.2) is 0 Å². The molecule has 3 heterocycles. The van der Waals surface area contributed by atoms with Crippen LogP contribution in [0.2, 0.25) is 0 Å². The predicted molar refractivity (Wildman–Crippen MR) is 196 cm³/mol. The first-order valence-corrected chi connectivity index (χ1v) is 18.0. The van der Waals surface area contributed by atoms with Crippen LogP contribution in [0.4, 0.5) is 0 Å². The summed E-state index contributed by atoms with van der Waals surface area (Å²) in [5.41, 5.74) is 10.4. The van der Waals surface area contributed by atoms with Gasteiger partial charge in [0.2, 0.25) is 0 Å². The Morgan fingerprint density at radius 2 is 1.75 bits per heavy atom. The first kappa shape index (κ1) is 31.7. The van der Waals surface area contributed by atoms with Gasteiger partial charge in [0.05, 0.1) is 31.7 Å². The molecule has 258 valence electrons. The summed E-state index contributed by atoms with van der Waals surface area (Å²) in [5, 5.41) is 35.9. The molecule has 7 heteroatoms. The highest BCUT2D eigenvalue weighted by atomic mass is 16.5. The minimum absolute atomic E-state index is 0.102. The number of rotatable bonds is 7. The lowest BCUT2D eigenvalue weighted by atomic mass is 9.72. The minimum Gasteiger partial charge on any atom is -0.508 e. The number of nitrogens with zero attached hydrogens (tertiary/aromatic N) is 1. The molecule has 0 bridgehead atoms. The van der Waals surface area contributed by atoms with E-state index in [1.165, 1.54) is 16.3 Å². The molecule has 0 unspecified atom stereocenters. The lowest BCUT2D eigenvalue weighted by molar-refractivity contribution is 0.0190. The molecule has 3 N–H and O–H groups in total. The van der Waals surface area contributed by atoms with Crippen LogP contribution in [0, 0.1) is 0 Å². The van der Waals surface area contributed by atoms with Gasteiger partial charge in [0.25, 0.3) is 0 Å². The SMILES string of the molecule is COc1cc([C@H]2Oc3c(c4c(c5c3CCCO5)-c3ccc(O)cc3[C@H](Cc3ccc5c(c3)=CCN=5)C4)C[C@H]2O)cc(CCc2ccccc2)c1O. The average molecular weight is 680 g/mol. The molecule has 0 aromatic heterocycles. The molecule has 3 atom stereocenters. The third kappa shape index (κ3) is 5.60. The quantitative estimate of drug-likeness (QED) is 0.189. The molecule has 0 fully saturated rings. The Kier molecular flexibility index (Phi) is 7.96. The highest BCUT2D eigenvalue weighted by Gasteiger charge is 2.40. The van der Waals surface area contributed by atoms with Crippen molar-refractivity contribution in [3.05, 3.63) is 134 Å². The molecule has 5 aromatic rings. The molecule has 4 aliphatic rings. The summed E-state index contributed by atoms with van der Waals surface area (Å²) in [6.07, 6.45) is 5.70. The van der Waals surface area contributed by atoms with Gasteiger partial charge in [0.15, 0.2) is 11.5 Å². The maximum Gasteiger partial charge on any atom is 0.161 e. The average Bonchev–Trinajstić information content (AvgIpc) is 3.63. The number of benzene rings is 5. The highest BCUT2D eigenvalue weighted by molar-refractivity contribution is 5.85. The molecular formula is C44H41NO6. The van der Waals surface area contributed by atoms with E-state index in [0.29, 0.717) is 25.2 Å². The van der Waals surface area contributed by atoms with Crippen LogP contribution in [-0.4, -0.2) is 41.7 Å². The van der Waals surface area contributed by atoms with E-state index in [2.05, 4.69) is 41.4 Å².